The molecule has 1 rings (SSSR count). The normalized spacial score (nSPS) is 8.69. The fraction of sp³-hybridized carbons (Fsp3) is 0.111. The monoisotopic (exact) mass is 194 g/mol. The maximum atomic E-state index is 11.1. The maximum absolute atomic E-state index is 11.1. The van der Waals surface area contributed by atoms with Crippen LogP contribution in [0.5, 0.6) is 0 Å². The zero-order valence-electron chi connectivity index (χ0n) is 6.98. The molecular formula is C9H7O3P. The number of hydrogen-bond donors (Lipinski definition) is 0. The van der Waals surface area contributed by atoms with Crippen LogP contribution in [-0.2, 0) is 9.30 Å². The molecule has 0 amide bonds. The third-order valence-electron chi connectivity index (χ3n) is 1.50. The van der Waals surface area contributed by atoms with Gasteiger partial charge in [0.25, 0.3) is 0 Å². The van der Waals surface area contributed by atoms with Crippen LogP contribution >= 0.6 is 7.92 Å². The molecule has 0 atom stereocenters. The summed E-state index contributed by atoms with van der Waals surface area (Å²) in [5.74, 6) is -0.452. The van der Waals surface area contributed by atoms with Crippen LogP contribution in [0.15, 0.2) is 24.3 Å². The molecule has 3 nitrogen and oxygen atoms in total. The Morgan fingerprint density at radius 2 is 2.15 bits per heavy atom. The minimum absolute atomic E-state index is 0.247. The zero-order valence-corrected chi connectivity index (χ0v) is 7.88. The first kappa shape index (κ1) is 9.79. The summed E-state index contributed by atoms with van der Waals surface area (Å²) in [6.07, 6.45) is 0. The molecule has 66 valence electrons. The van der Waals surface area contributed by atoms with Crippen LogP contribution in [0.3, 0.4) is 0 Å². The first-order chi connectivity index (χ1) is 6.29. The summed E-state index contributed by atoms with van der Waals surface area (Å²) in [4.78, 5) is 11.1. The van der Waals surface area contributed by atoms with Crippen molar-refractivity contribution in [2.24, 2.45) is 0 Å². The molecule has 0 N–H and O–H groups in total. The van der Waals surface area contributed by atoms with Gasteiger partial charge in [0.2, 0.25) is 0 Å². The van der Waals surface area contributed by atoms with E-state index >= 15 is 0 Å². The molecule has 0 aliphatic rings. The Kier molecular flexibility index (Phi) is 3.51. The summed E-state index contributed by atoms with van der Waals surface area (Å²) in [6.45, 7) is 0. The molecule has 0 aliphatic heterocycles. The summed E-state index contributed by atoms with van der Waals surface area (Å²) >= 11 is 0. The van der Waals surface area contributed by atoms with Crippen molar-refractivity contribution in [2.45, 2.75) is 0 Å². The van der Waals surface area contributed by atoms with Crippen LogP contribution in [0.2, 0.25) is 0 Å². The van der Waals surface area contributed by atoms with Crippen LogP contribution in [0.1, 0.15) is 15.9 Å². The molecule has 4 heteroatoms. The predicted molar refractivity (Wildman–Crippen MR) is 48.4 cm³/mol. The molecular weight excluding hydrogens is 187 g/mol. The summed E-state index contributed by atoms with van der Waals surface area (Å²) < 4.78 is 14.8. The molecule has 13 heavy (non-hydrogen) atoms. The van der Waals surface area contributed by atoms with Crippen LogP contribution in [0.4, 0.5) is 0 Å². The van der Waals surface area contributed by atoms with E-state index in [1.54, 1.807) is 24.3 Å². The van der Waals surface area contributed by atoms with E-state index in [0.717, 1.165) is 0 Å². The number of hydrogen-bond acceptors (Lipinski definition) is 3. The van der Waals surface area contributed by atoms with E-state index in [-0.39, 0.29) is 7.92 Å². The van der Waals surface area contributed by atoms with Gasteiger partial charge < -0.3 is 0 Å². The minimum atomic E-state index is -0.452. The van der Waals surface area contributed by atoms with E-state index in [1.807, 2.05) is 0 Å². The zero-order chi connectivity index (χ0) is 9.68. The number of methoxy groups -OCH3 is 1. The van der Waals surface area contributed by atoms with Gasteiger partial charge in [0, 0.05) is 0 Å². The van der Waals surface area contributed by atoms with Crippen LogP contribution in [-0.4, -0.2) is 13.1 Å². The Morgan fingerprint density at radius 1 is 1.46 bits per heavy atom. The summed E-state index contributed by atoms with van der Waals surface area (Å²) in [7, 11) is 1.05. The van der Waals surface area contributed by atoms with E-state index in [4.69, 9.17) is 0 Å². The van der Waals surface area contributed by atoms with Crippen molar-refractivity contribution in [3.63, 3.8) is 0 Å². The Hall–Kier alpha value is -1.30. The second-order valence-corrected chi connectivity index (χ2v) is 2.65. The Balaban J connectivity index is 3.24. The number of carbonyl (C=O) groups excluding carboxylic acids is 1. The Bertz CT molecular complexity index is 419. The first-order valence-corrected chi connectivity index (χ1v) is 4.36. The number of carbonyl (C=O) groups is 1. The fourth-order valence-corrected chi connectivity index (χ4v) is 1.21. The Labute approximate surface area is 76.8 Å². The van der Waals surface area contributed by atoms with Gasteiger partial charge in [-0.05, 0) is 0 Å². The van der Waals surface area contributed by atoms with Crippen LogP contribution in [0.25, 0.3) is 0 Å². The fourth-order valence-electron chi connectivity index (χ4n) is 0.918. The molecule has 0 unspecified atom stereocenters. The molecule has 0 aliphatic carbocycles. The predicted octanol–water partition coefficient (Wildman–Crippen LogP) is 2.07. The van der Waals surface area contributed by atoms with E-state index < -0.39 is 5.97 Å². The SMILES string of the molecule is COC(=O)c1ccccc1C#P=O. The molecule has 0 fully saturated rings. The third-order valence-corrected chi connectivity index (χ3v) is 1.83. The van der Waals surface area contributed by atoms with Gasteiger partial charge >= 0.3 is 76.1 Å². The average molecular weight is 194 g/mol. The van der Waals surface area contributed by atoms with E-state index in [9.17, 15) is 9.36 Å². The van der Waals surface area contributed by atoms with Crippen molar-refractivity contribution in [3.8, 4) is 5.63 Å². The van der Waals surface area contributed by atoms with Gasteiger partial charge in [0.1, 0.15) is 0 Å². The molecule has 0 spiro atoms. The number of rotatable bonds is 1. The van der Waals surface area contributed by atoms with E-state index in [0.29, 0.717) is 11.1 Å². The van der Waals surface area contributed by atoms with Gasteiger partial charge in [-0.15, -0.1) is 0 Å². The van der Waals surface area contributed by atoms with Gasteiger partial charge in [0.15, 0.2) is 0 Å². The summed E-state index contributed by atoms with van der Waals surface area (Å²) in [5.41, 5.74) is 3.37. The molecule has 0 radical (unpaired) electrons. The summed E-state index contributed by atoms with van der Waals surface area (Å²) in [5, 5.41) is 0. The molecule has 0 saturated carbocycles. The van der Waals surface area contributed by atoms with Crippen molar-refractivity contribution in [1.82, 2.24) is 0 Å². The van der Waals surface area contributed by atoms with Crippen molar-refractivity contribution in [3.05, 3.63) is 35.4 Å². The van der Waals surface area contributed by atoms with Gasteiger partial charge in [-0.3, -0.25) is 0 Å². The first-order valence-electron chi connectivity index (χ1n) is 3.55. The number of esters is 1. The van der Waals surface area contributed by atoms with Gasteiger partial charge in [-0.1, -0.05) is 0 Å². The topological polar surface area (TPSA) is 43.4 Å². The quantitative estimate of drug-likeness (QED) is 0.507. The standard InChI is InChI=1S/C9H7O3P/c1-12-9(10)8-5-3-2-4-7(8)6-13-11/h2-5H,1H3. The molecule has 0 bridgehead atoms. The van der Waals surface area contributed by atoms with E-state index in [1.165, 1.54) is 7.11 Å². The van der Waals surface area contributed by atoms with Crippen molar-refractivity contribution in [2.75, 3.05) is 7.11 Å². The van der Waals surface area contributed by atoms with Crippen LogP contribution < -0.4 is 0 Å². The molecule has 0 saturated heterocycles. The number of ether oxygens (including phenoxy) is 1. The second kappa shape index (κ2) is 4.66. The second-order valence-electron chi connectivity index (χ2n) is 2.24. The van der Waals surface area contributed by atoms with Crippen molar-refractivity contribution in [1.29, 1.82) is 0 Å². The van der Waals surface area contributed by atoms with Crippen molar-refractivity contribution >= 4 is 13.9 Å². The van der Waals surface area contributed by atoms with Gasteiger partial charge in [0.05, 0.1) is 0 Å². The molecule has 1 aromatic rings. The van der Waals surface area contributed by atoms with Crippen LogP contribution in [0, 0.1) is 5.63 Å². The Morgan fingerprint density at radius 3 is 2.77 bits per heavy atom. The number of benzene rings is 1. The molecule has 0 aromatic heterocycles. The summed E-state index contributed by atoms with van der Waals surface area (Å²) in [6, 6.07) is 6.69. The van der Waals surface area contributed by atoms with Crippen molar-refractivity contribution < 1.29 is 14.1 Å². The van der Waals surface area contributed by atoms with Gasteiger partial charge in [-0.25, -0.2) is 0 Å². The molecule has 0 heterocycles. The molecule has 1 aromatic carbocycles. The van der Waals surface area contributed by atoms with E-state index in [2.05, 4.69) is 10.4 Å². The third kappa shape index (κ3) is 2.32. The van der Waals surface area contributed by atoms with Gasteiger partial charge in [-0.2, -0.15) is 0 Å². The average Bonchev–Trinajstić information content (AvgIpc) is 2.18.